The van der Waals surface area contributed by atoms with Gasteiger partial charge in [-0.2, -0.15) is 0 Å². The largest absolute Gasteiger partial charge is 0.373 e. The van der Waals surface area contributed by atoms with E-state index >= 15 is 0 Å². The van der Waals surface area contributed by atoms with Crippen molar-refractivity contribution in [1.82, 2.24) is 34.8 Å². The maximum Gasteiger partial charge on any atom is 0.228 e. The fourth-order valence-corrected chi connectivity index (χ4v) is 3.68. The fraction of sp³-hybridized carbons (Fsp3) is 0.429. The average molecular weight is 406 g/mol. The summed E-state index contributed by atoms with van der Waals surface area (Å²) >= 11 is 0. The molecule has 1 aliphatic heterocycles. The van der Waals surface area contributed by atoms with Gasteiger partial charge >= 0.3 is 0 Å². The van der Waals surface area contributed by atoms with Crippen molar-refractivity contribution in [3.63, 3.8) is 0 Å². The molecule has 1 aliphatic rings. The Morgan fingerprint density at radius 1 is 1.10 bits per heavy atom. The van der Waals surface area contributed by atoms with Crippen molar-refractivity contribution in [2.24, 2.45) is 0 Å². The predicted molar refractivity (Wildman–Crippen MR) is 116 cm³/mol. The summed E-state index contributed by atoms with van der Waals surface area (Å²) in [6, 6.07) is 3.84. The molecule has 2 N–H and O–H groups in total. The maximum absolute atomic E-state index is 4.76. The summed E-state index contributed by atoms with van der Waals surface area (Å²) in [7, 11) is 1.82. The second-order valence-electron chi connectivity index (χ2n) is 7.40. The topological polar surface area (TPSA) is 105 Å². The van der Waals surface area contributed by atoms with E-state index in [2.05, 4.69) is 47.4 Å². The van der Waals surface area contributed by atoms with E-state index in [4.69, 9.17) is 4.98 Å². The fourth-order valence-electron chi connectivity index (χ4n) is 3.68. The van der Waals surface area contributed by atoms with E-state index in [1.807, 2.05) is 31.6 Å². The summed E-state index contributed by atoms with van der Waals surface area (Å²) in [6.07, 6.45) is 10.3. The Labute approximate surface area is 176 Å². The Morgan fingerprint density at radius 2 is 1.93 bits per heavy atom. The molecule has 3 aromatic heterocycles. The van der Waals surface area contributed by atoms with Crippen molar-refractivity contribution < 1.29 is 0 Å². The number of nitrogens with zero attached hydrogens (tertiary/aromatic N) is 7. The minimum absolute atomic E-state index is 0.372. The molecular weight excluding hydrogens is 378 g/mol. The van der Waals surface area contributed by atoms with Crippen LogP contribution in [0.5, 0.6) is 0 Å². The van der Waals surface area contributed by atoms with Gasteiger partial charge in [0.1, 0.15) is 23.8 Å². The highest BCUT2D eigenvalue weighted by molar-refractivity contribution is 5.52. The van der Waals surface area contributed by atoms with E-state index in [1.54, 1.807) is 6.20 Å². The molecule has 1 atom stereocenters. The first-order valence-corrected chi connectivity index (χ1v) is 10.4. The van der Waals surface area contributed by atoms with Crippen molar-refractivity contribution in [1.29, 1.82) is 0 Å². The summed E-state index contributed by atoms with van der Waals surface area (Å²) < 4.78 is 0. The normalized spacial score (nSPS) is 16.9. The lowest BCUT2D eigenvalue weighted by Gasteiger charge is -2.32. The minimum Gasteiger partial charge on any atom is -0.373 e. The molecule has 0 radical (unpaired) electrons. The Kier molecular flexibility index (Phi) is 6.38. The Morgan fingerprint density at radius 3 is 2.73 bits per heavy atom. The Hall–Kier alpha value is -3.20. The molecule has 9 nitrogen and oxygen atoms in total. The molecule has 1 saturated heterocycles. The van der Waals surface area contributed by atoms with Crippen LogP contribution in [0.15, 0.2) is 37.1 Å². The second kappa shape index (κ2) is 9.53. The number of piperidine rings is 1. The van der Waals surface area contributed by atoms with E-state index in [-0.39, 0.29) is 0 Å². The number of aromatic nitrogens is 6. The SMILES string of the molecule is CCc1ncc(CN2CCCC(c3ccnc(Nc4cc(NC)ncn4)n3)C2)cn1. The van der Waals surface area contributed by atoms with Gasteiger partial charge in [0.2, 0.25) is 5.95 Å². The van der Waals surface area contributed by atoms with E-state index < -0.39 is 0 Å². The highest BCUT2D eigenvalue weighted by Gasteiger charge is 2.23. The molecule has 0 amide bonds. The summed E-state index contributed by atoms with van der Waals surface area (Å²) in [6.45, 7) is 4.98. The molecule has 1 fully saturated rings. The second-order valence-corrected chi connectivity index (χ2v) is 7.40. The molecule has 0 spiro atoms. The van der Waals surface area contributed by atoms with Crippen molar-refractivity contribution in [2.45, 2.75) is 38.6 Å². The summed E-state index contributed by atoms with van der Waals surface area (Å²) in [5, 5.41) is 6.18. The van der Waals surface area contributed by atoms with Crippen LogP contribution in [0.3, 0.4) is 0 Å². The first kappa shape index (κ1) is 20.1. The molecule has 30 heavy (non-hydrogen) atoms. The molecule has 1 unspecified atom stereocenters. The third-order valence-electron chi connectivity index (χ3n) is 5.25. The lowest BCUT2D eigenvalue weighted by molar-refractivity contribution is 0.198. The van der Waals surface area contributed by atoms with Gasteiger partial charge in [0, 0.05) is 62.7 Å². The van der Waals surface area contributed by atoms with Gasteiger partial charge in [0.25, 0.3) is 0 Å². The van der Waals surface area contributed by atoms with E-state index in [1.165, 1.54) is 6.33 Å². The molecule has 4 heterocycles. The summed E-state index contributed by atoms with van der Waals surface area (Å²) in [5.74, 6) is 3.21. The van der Waals surface area contributed by atoms with Crippen LogP contribution >= 0.6 is 0 Å². The number of hydrogen-bond acceptors (Lipinski definition) is 9. The van der Waals surface area contributed by atoms with Crippen molar-refractivity contribution in [2.75, 3.05) is 30.8 Å². The number of rotatable bonds is 7. The highest BCUT2D eigenvalue weighted by Crippen LogP contribution is 2.27. The van der Waals surface area contributed by atoms with Crippen LogP contribution in [0, 0.1) is 0 Å². The lowest BCUT2D eigenvalue weighted by Crippen LogP contribution is -2.34. The van der Waals surface area contributed by atoms with Crippen molar-refractivity contribution in [3.8, 4) is 0 Å². The predicted octanol–water partition coefficient (Wildman–Crippen LogP) is 2.78. The molecular formula is C21H27N9. The monoisotopic (exact) mass is 405 g/mol. The number of likely N-dealkylation sites (tertiary alicyclic amines) is 1. The standard InChI is InChI=1S/C21H27N9/c1-3-18-24-10-15(11-25-18)12-30-8-4-5-16(13-30)17-6-7-23-21(28-17)29-20-9-19(22-2)26-14-27-20/h6-7,9-11,14,16H,3-5,8,12-13H2,1-2H3,(H2,22,23,26,27,28,29). The van der Waals surface area contributed by atoms with Crippen LogP contribution < -0.4 is 10.6 Å². The molecule has 3 aromatic rings. The quantitative estimate of drug-likeness (QED) is 0.614. The van der Waals surface area contributed by atoms with Crippen LogP contribution in [-0.2, 0) is 13.0 Å². The molecule has 0 saturated carbocycles. The van der Waals surface area contributed by atoms with Crippen LogP contribution in [0.25, 0.3) is 0 Å². The first-order valence-electron chi connectivity index (χ1n) is 10.4. The van der Waals surface area contributed by atoms with Gasteiger partial charge in [-0.25, -0.2) is 29.9 Å². The lowest BCUT2D eigenvalue weighted by atomic mass is 9.94. The third kappa shape index (κ3) is 5.04. The molecule has 0 bridgehead atoms. The number of aryl methyl sites for hydroxylation is 1. The van der Waals surface area contributed by atoms with E-state index in [0.29, 0.717) is 17.7 Å². The van der Waals surface area contributed by atoms with E-state index in [9.17, 15) is 0 Å². The third-order valence-corrected chi connectivity index (χ3v) is 5.25. The van der Waals surface area contributed by atoms with Gasteiger partial charge in [0.15, 0.2) is 0 Å². The van der Waals surface area contributed by atoms with Crippen molar-refractivity contribution in [3.05, 3.63) is 54.1 Å². The molecule has 0 aliphatic carbocycles. The van der Waals surface area contributed by atoms with Crippen molar-refractivity contribution >= 4 is 17.6 Å². The molecule has 0 aromatic carbocycles. The zero-order valence-corrected chi connectivity index (χ0v) is 17.4. The first-order chi connectivity index (χ1) is 14.7. The van der Waals surface area contributed by atoms with Crippen LogP contribution in [-0.4, -0.2) is 54.9 Å². The van der Waals surface area contributed by atoms with Gasteiger partial charge in [-0.3, -0.25) is 4.90 Å². The van der Waals surface area contributed by atoms with Gasteiger partial charge in [-0.15, -0.1) is 0 Å². The van der Waals surface area contributed by atoms with Gasteiger partial charge in [0.05, 0.1) is 5.69 Å². The number of hydrogen-bond donors (Lipinski definition) is 2. The smallest absolute Gasteiger partial charge is 0.228 e. The Bertz CT molecular complexity index is 961. The minimum atomic E-state index is 0.372. The van der Waals surface area contributed by atoms with Gasteiger partial charge < -0.3 is 10.6 Å². The molecule has 156 valence electrons. The summed E-state index contributed by atoms with van der Waals surface area (Å²) in [5.41, 5.74) is 2.21. The zero-order chi connectivity index (χ0) is 20.8. The van der Waals surface area contributed by atoms with Crippen LogP contribution in [0.2, 0.25) is 0 Å². The summed E-state index contributed by atoms with van der Waals surface area (Å²) in [4.78, 5) is 28.8. The maximum atomic E-state index is 4.76. The van der Waals surface area contributed by atoms with Crippen LogP contribution in [0.4, 0.5) is 17.6 Å². The number of anilines is 3. The zero-order valence-electron chi connectivity index (χ0n) is 17.4. The van der Waals surface area contributed by atoms with E-state index in [0.717, 1.165) is 61.8 Å². The highest BCUT2D eigenvalue weighted by atomic mass is 15.2. The number of nitrogens with one attached hydrogen (secondary N) is 2. The Balaban J connectivity index is 1.42. The van der Waals surface area contributed by atoms with Gasteiger partial charge in [-0.1, -0.05) is 6.92 Å². The molecule has 9 heteroatoms. The van der Waals surface area contributed by atoms with Gasteiger partial charge in [-0.05, 0) is 25.5 Å². The average Bonchev–Trinajstić information content (AvgIpc) is 2.80. The molecule has 4 rings (SSSR count). The van der Waals surface area contributed by atoms with Crippen LogP contribution in [0.1, 0.15) is 42.8 Å².